The highest BCUT2D eigenvalue weighted by molar-refractivity contribution is 7.85. The predicted molar refractivity (Wildman–Crippen MR) is 89.6 cm³/mol. The Morgan fingerprint density at radius 3 is 1.15 bits per heavy atom. The second-order valence-electron chi connectivity index (χ2n) is 7.02. The van der Waals surface area contributed by atoms with Gasteiger partial charge >= 0.3 is 0 Å². The largest absolute Gasteiger partial charge is 0.259 e. The first-order valence-electron chi connectivity index (χ1n) is 6.85. The molecule has 0 fully saturated rings. The summed E-state index contributed by atoms with van der Waals surface area (Å²) >= 11 is 0. The fourth-order valence-corrected chi connectivity index (χ4v) is 3.32. The molecule has 0 amide bonds. The standard InChI is InChI=1S/C16H26O2S2/c1-15(2,3)19(17)11-13-7-9-14(10-8-13)12-20(18)16(4,5)6/h7-10H,11-12H2,1-6H3/t19-,20-/m1/s1. The quantitative estimate of drug-likeness (QED) is 0.847. The fraction of sp³-hybridized carbons (Fsp3) is 0.625. The van der Waals surface area contributed by atoms with Crippen molar-refractivity contribution in [3.8, 4) is 0 Å². The molecular formula is C16H26O2S2. The van der Waals surface area contributed by atoms with E-state index in [2.05, 4.69) is 0 Å². The molecule has 0 heterocycles. The molecule has 0 saturated carbocycles. The van der Waals surface area contributed by atoms with Gasteiger partial charge in [-0.2, -0.15) is 0 Å². The van der Waals surface area contributed by atoms with Gasteiger partial charge in [-0.1, -0.05) is 24.3 Å². The topological polar surface area (TPSA) is 34.1 Å². The van der Waals surface area contributed by atoms with Gasteiger partial charge in [0.1, 0.15) is 0 Å². The molecule has 114 valence electrons. The van der Waals surface area contributed by atoms with Crippen molar-refractivity contribution in [1.82, 2.24) is 0 Å². The van der Waals surface area contributed by atoms with Gasteiger partial charge in [-0.25, -0.2) is 0 Å². The molecule has 0 aromatic heterocycles. The van der Waals surface area contributed by atoms with Gasteiger partial charge in [-0.3, -0.25) is 8.42 Å². The first-order valence-corrected chi connectivity index (χ1v) is 9.49. The lowest BCUT2D eigenvalue weighted by Gasteiger charge is -2.18. The van der Waals surface area contributed by atoms with Gasteiger partial charge in [0.15, 0.2) is 0 Å². The van der Waals surface area contributed by atoms with Crippen molar-refractivity contribution in [2.75, 3.05) is 0 Å². The average Bonchev–Trinajstić information content (AvgIpc) is 2.29. The van der Waals surface area contributed by atoms with Crippen LogP contribution in [0, 0.1) is 0 Å². The minimum Gasteiger partial charge on any atom is -0.259 e. The lowest BCUT2D eigenvalue weighted by atomic mass is 10.2. The molecule has 0 saturated heterocycles. The summed E-state index contributed by atoms with van der Waals surface area (Å²) in [5.74, 6) is 1.15. The van der Waals surface area contributed by atoms with E-state index in [1.807, 2.05) is 65.8 Å². The lowest BCUT2D eigenvalue weighted by molar-refractivity contribution is 0.647. The van der Waals surface area contributed by atoms with Crippen LogP contribution in [0.2, 0.25) is 0 Å². The number of rotatable bonds is 4. The van der Waals surface area contributed by atoms with E-state index in [-0.39, 0.29) is 9.49 Å². The molecule has 0 unspecified atom stereocenters. The van der Waals surface area contributed by atoms with Crippen molar-refractivity contribution in [3.63, 3.8) is 0 Å². The Bertz CT molecular complexity index is 444. The maximum absolute atomic E-state index is 12.1. The fourth-order valence-electron chi connectivity index (χ4n) is 1.47. The summed E-state index contributed by atoms with van der Waals surface area (Å²) in [6.07, 6.45) is 0. The first-order chi connectivity index (χ1) is 9.00. The second-order valence-corrected chi connectivity index (χ2v) is 11.4. The Morgan fingerprint density at radius 2 is 0.950 bits per heavy atom. The molecule has 0 aliphatic heterocycles. The minimum absolute atomic E-state index is 0.188. The highest BCUT2D eigenvalue weighted by Crippen LogP contribution is 2.19. The van der Waals surface area contributed by atoms with Crippen molar-refractivity contribution in [1.29, 1.82) is 0 Å². The summed E-state index contributed by atoms with van der Waals surface area (Å²) in [5.41, 5.74) is 2.15. The zero-order valence-corrected chi connectivity index (χ0v) is 15.0. The summed E-state index contributed by atoms with van der Waals surface area (Å²) < 4.78 is 23.8. The van der Waals surface area contributed by atoms with Crippen molar-refractivity contribution in [2.45, 2.75) is 62.5 Å². The zero-order valence-electron chi connectivity index (χ0n) is 13.4. The molecule has 0 aliphatic rings. The third kappa shape index (κ3) is 5.49. The van der Waals surface area contributed by atoms with Crippen molar-refractivity contribution in [2.24, 2.45) is 0 Å². The number of hydrogen-bond donors (Lipinski definition) is 0. The Labute approximate surface area is 128 Å². The highest BCUT2D eigenvalue weighted by Gasteiger charge is 2.20. The SMILES string of the molecule is CC(C)(C)[S@](=O)Cc1ccc(C[S@@](=O)C(C)(C)C)cc1. The van der Waals surface area contributed by atoms with Crippen LogP contribution in [0.25, 0.3) is 0 Å². The number of benzene rings is 1. The molecule has 0 bridgehead atoms. The van der Waals surface area contributed by atoms with Crippen molar-refractivity contribution >= 4 is 21.6 Å². The van der Waals surface area contributed by atoms with Crippen molar-refractivity contribution < 1.29 is 8.42 Å². The summed E-state index contributed by atoms with van der Waals surface area (Å²) in [5, 5.41) is 0. The van der Waals surface area contributed by atoms with Crippen LogP contribution in [-0.4, -0.2) is 17.9 Å². The molecule has 0 spiro atoms. The van der Waals surface area contributed by atoms with E-state index in [0.717, 1.165) is 11.1 Å². The Kier molecular flexibility index (Phi) is 5.73. The smallest absolute Gasteiger partial charge is 0.0490 e. The average molecular weight is 315 g/mol. The molecule has 1 aromatic carbocycles. The molecule has 1 aromatic rings. The van der Waals surface area contributed by atoms with E-state index in [1.54, 1.807) is 0 Å². The molecule has 20 heavy (non-hydrogen) atoms. The third-order valence-corrected chi connectivity index (χ3v) is 6.91. The molecule has 0 N–H and O–H groups in total. The first kappa shape index (κ1) is 17.6. The normalized spacial score (nSPS) is 15.9. The molecule has 4 heteroatoms. The van der Waals surface area contributed by atoms with Gasteiger partial charge in [0.2, 0.25) is 0 Å². The Balaban J connectivity index is 2.71. The summed E-state index contributed by atoms with van der Waals surface area (Å²) in [6, 6.07) is 8.00. The van der Waals surface area contributed by atoms with Crippen LogP contribution in [0.3, 0.4) is 0 Å². The molecule has 2 atom stereocenters. The molecule has 0 radical (unpaired) electrons. The van der Waals surface area contributed by atoms with Crippen LogP contribution in [0.1, 0.15) is 52.7 Å². The molecular weight excluding hydrogens is 288 g/mol. The molecule has 1 rings (SSSR count). The maximum Gasteiger partial charge on any atom is 0.0490 e. The van der Waals surface area contributed by atoms with Gasteiger partial charge in [0.05, 0.1) is 0 Å². The predicted octanol–water partition coefficient (Wildman–Crippen LogP) is 3.78. The van der Waals surface area contributed by atoms with E-state index in [1.165, 1.54) is 0 Å². The van der Waals surface area contributed by atoms with E-state index < -0.39 is 21.6 Å². The molecule has 2 nitrogen and oxygen atoms in total. The molecule has 0 aliphatic carbocycles. The van der Waals surface area contributed by atoms with Crippen LogP contribution in [0.5, 0.6) is 0 Å². The summed E-state index contributed by atoms with van der Waals surface area (Å²) in [7, 11) is -1.76. The highest BCUT2D eigenvalue weighted by atomic mass is 32.2. The van der Waals surface area contributed by atoms with Crippen molar-refractivity contribution in [3.05, 3.63) is 35.4 Å². The monoisotopic (exact) mass is 314 g/mol. The minimum atomic E-state index is -0.880. The van der Waals surface area contributed by atoms with E-state index in [0.29, 0.717) is 11.5 Å². The van der Waals surface area contributed by atoms with Crippen LogP contribution in [0.15, 0.2) is 24.3 Å². The van der Waals surface area contributed by atoms with Gasteiger partial charge in [-0.15, -0.1) is 0 Å². The summed E-state index contributed by atoms with van der Waals surface area (Å²) in [4.78, 5) is 0. The van der Waals surface area contributed by atoms with Crippen LogP contribution in [-0.2, 0) is 33.1 Å². The Morgan fingerprint density at radius 1 is 0.700 bits per heavy atom. The van der Waals surface area contributed by atoms with Gasteiger partial charge in [-0.05, 0) is 52.7 Å². The third-order valence-electron chi connectivity index (χ3n) is 2.98. The van der Waals surface area contributed by atoms with Crippen LogP contribution < -0.4 is 0 Å². The van der Waals surface area contributed by atoms with Gasteiger partial charge in [0, 0.05) is 42.6 Å². The van der Waals surface area contributed by atoms with E-state index >= 15 is 0 Å². The number of hydrogen-bond acceptors (Lipinski definition) is 2. The summed E-state index contributed by atoms with van der Waals surface area (Å²) in [6.45, 7) is 11.9. The maximum atomic E-state index is 12.1. The van der Waals surface area contributed by atoms with E-state index in [9.17, 15) is 8.42 Å². The second kappa shape index (κ2) is 6.52. The Hall–Kier alpha value is -0.480. The van der Waals surface area contributed by atoms with Crippen LogP contribution >= 0.6 is 0 Å². The van der Waals surface area contributed by atoms with E-state index in [4.69, 9.17) is 0 Å². The zero-order chi connectivity index (χ0) is 15.6. The van der Waals surface area contributed by atoms with Gasteiger partial charge in [0.25, 0.3) is 0 Å². The van der Waals surface area contributed by atoms with Crippen LogP contribution in [0.4, 0.5) is 0 Å². The van der Waals surface area contributed by atoms with Gasteiger partial charge < -0.3 is 0 Å². The lowest BCUT2D eigenvalue weighted by Crippen LogP contribution is -2.23.